The molecule has 1 atom stereocenters. The maximum absolute atomic E-state index is 13.0. The van der Waals surface area contributed by atoms with E-state index in [1.807, 2.05) is 49.4 Å². The van der Waals surface area contributed by atoms with Crippen molar-refractivity contribution in [2.45, 2.75) is 39.3 Å². The molecule has 5 rings (SSSR count). The summed E-state index contributed by atoms with van der Waals surface area (Å²) in [7, 11) is 0. The minimum atomic E-state index is -0.429. The predicted molar refractivity (Wildman–Crippen MR) is 135 cm³/mol. The molecule has 35 heavy (non-hydrogen) atoms. The molecule has 0 saturated carbocycles. The summed E-state index contributed by atoms with van der Waals surface area (Å²) in [6.07, 6.45) is 3.09. The zero-order chi connectivity index (χ0) is 24.2. The van der Waals surface area contributed by atoms with Gasteiger partial charge in [0.1, 0.15) is 24.7 Å². The molecular weight excluding hydrogens is 440 g/mol. The van der Waals surface area contributed by atoms with Gasteiger partial charge < -0.3 is 14.8 Å². The van der Waals surface area contributed by atoms with E-state index in [1.165, 1.54) is 17.1 Å². The van der Waals surface area contributed by atoms with Crippen molar-refractivity contribution in [1.82, 2.24) is 14.8 Å². The second-order valence-corrected chi connectivity index (χ2v) is 8.41. The number of aromatic nitrogens is 3. The second-order valence-electron chi connectivity index (χ2n) is 8.41. The Kier molecular flexibility index (Phi) is 6.48. The summed E-state index contributed by atoms with van der Waals surface area (Å²) < 4.78 is 13.3. The highest BCUT2D eigenvalue weighted by Gasteiger charge is 2.35. The molecule has 0 spiro atoms. The number of nitrogens with one attached hydrogen (secondary N) is 1. The van der Waals surface area contributed by atoms with Gasteiger partial charge in [0.25, 0.3) is 0 Å². The first kappa shape index (κ1) is 22.7. The molecule has 0 aliphatic carbocycles. The van der Waals surface area contributed by atoms with E-state index < -0.39 is 6.04 Å². The number of anilines is 1. The van der Waals surface area contributed by atoms with Gasteiger partial charge in [-0.25, -0.2) is 9.48 Å². The summed E-state index contributed by atoms with van der Waals surface area (Å²) >= 11 is 0. The number of carbonyl (C=O) groups excluding carboxylic acids is 1. The van der Waals surface area contributed by atoms with Crippen LogP contribution < -0.4 is 10.1 Å². The van der Waals surface area contributed by atoms with Crippen molar-refractivity contribution < 1.29 is 14.3 Å². The number of hydrogen-bond acceptors (Lipinski definition) is 6. The van der Waals surface area contributed by atoms with Gasteiger partial charge in [0.2, 0.25) is 5.95 Å². The maximum atomic E-state index is 13.0. The largest absolute Gasteiger partial charge is 0.489 e. The number of ether oxygens (including phenoxy) is 2. The summed E-state index contributed by atoms with van der Waals surface area (Å²) in [5.74, 6) is 1.03. The Morgan fingerprint density at radius 1 is 1.03 bits per heavy atom. The molecule has 0 amide bonds. The molecule has 1 aromatic heterocycles. The third-order valence-electron chi connectivity index (χ3n) is 6.14. The Bertz CT molecular complexity index is 1370. The summed E-state index contributed by atoms with van der Waals surface area (Å²) in [5.41, 5.74) is 3.44. The van der Waals surface area contributed by atoms with Gasteiger partial charge in [0.15, 0.2) is 0 Å². The van der Waals surface area contributed by atoms with Gasteiger partial charge in [0, 0.05) is 5.70 Å². The molecular formula is C28H28N4O3. The Morgan fingerprint density at radius 2 is 1.83 bits per heavy atom. The fraction of sp³-hybridized carbons (Fsp3) is 0.250. The summed E-state index contributed by atoms with van der Waals surface area (Å²) in [4.78, 5) is 17.4. The average molecular weight is 469 g/mol. The van der Waals surface area contributed by atoms with Crippen LogP contribution in [0.4, 0.5) is 5.95 Å². The van der Waals surface area contributed by atoms with Crippen molar-refractivity contribution in [2.24, 2.45) is 0 Å². The summed E-state index contributed by atoms with van der Waals surface area (Å²) in [6.45, 7) is 4.66. The van der Waals surface area contributed by atoms with Crippen molar-refractivity contribution >= 4 is 22.7 Å². The first-order valence-corrected chi connectivity index (χ1v) is 12.0. The Hall–Kier alpha value is -4.13. The quantitative estimate of drug-likeness (QED) is 0.337. The Morgan fingerprint density at radius 3 is 2.63 bits per heavy atom. The lowest BCUT2D eigenvalue weighted by molar-refractivity contribution is -0.139. The number of nitrogens with zero attached hydrogens (tertiary/aromatic N) is 3. The van der Waals surface area contributed by atoms with Crippen LogP contribution in [0.15, 0.2) is 84.3 Å². The summed E-state index contributed by atoms with van der Waals surface area (Å²) in [5, 5.41) is 10.1. The molecule has 0 saturated heterocycles. The first-order chi connectivity index (χ1) is 17.2. The lowest BCUT2D eigenvalue weighted by Crippen LogP contribution is -2.30. The van der Waals surface area contributed by atoms with Gasteiger partial charge in [-0.2, -0.15) is 10.1 Å². The van der Waals surface area contributed by atoms with Crippen LogP contribution in [-0.4, -0.2) is 27.3 Å². The zero-order valence-corrected chi connectivity index (χ0v) is 19.9. The molecule has 178 valence electrons. The number of allylic oxidation sites excluding steroid dienone is 1. The summed E-state index contributed by atoms with van der Waals surface area (Å²) in [6, 6.07) is 21.9. The van der Waals surface area contributed by atoms with E-state index in [0.717, 1.165) is 29.0 Å². The Labute approximate surface area is 204 Å². The molecule has 7 heteroatoms. The molecule has 1 N–H and O–H groups in total. The van der Waals surface area contributed by atoms with Crippen LogP contribution in [0.3, 0.4) is 0 Å². The normalized spacial score (nSPS) is 15.0. The van der Waals surface area contributed by atoms with Crippen LogP contribution >= 0.6 is 0 Å². The van der Waals surface area contributed by atoms with Gasteiger partial charge in [-0.3, -0.25) is 0 Å². The van der Waals surface area contributed by atoms with Crippen LogP contribution in [0.5, 0.6) is 5.75 Å². The van der Waals surface area contributed by atoms with E-state index in [1.54, 1.807) is 4.68 Å². The molecule has 3 aromatic carbocycles. The monoisotopic (exact) mass is 468 g/mol. The third kappa shape index (κ3) is 4.49. The second kappa shape index (κ2) is 10.0. The highest BCUT2D eigenvalue weighted by Crippen LogP contribution is 2.37. The molecule has 2 heterocycles. The van der Waals surface area contributed by atoms with Crippen LogP contribution in [0.2, 0.25) is 0 Å². The molecule has 0 radical (unpaired) electrons. The number of esters is 1. The number of benzene rings is 3. The highest BCUT2D eigenvalue weighted by atomic mass is 16.5. The maximum Gasteiger partial charge on any atom is 0.338 e. The molecule has 0 unspecified atom stereocenters. The van der Waals surface area contributed by atoms with E-state index in [4.69, 9.17) is 9.47 Å². The number of fused-ring (bicyclic) bond motifs is 2. The lowest BCUT2D eigenvalue weighted by Gasteiger charge is -2.29. The van der Waals surface area contributed by atoms with Crippen LogP contribution in [-0.2, 0) is 16.1 Å². The molecule has 1 aliphatic heterocycles. The van der Waals surface area contributed by atoms with E-state index in [9.17, 15) is 4.79 Å². The molecule has 7 nitrogen and oxygen atoms in total. The van der Waals surface area contributed by atoms with E-state index >= 15 is 0 Å². The van der Waals surface area contributed by atoms with Crippen LogP contribution in [0, 0.1) is 0 Å². The van der Waals surface area contributed by atoms with E-state index in [0.29, 0.717) is 31.2 Å². The smallest absolute Gasteiger partial charge is 0.338 e. The fourth-order valence-electron chi connectivity index (χ4n) is 4.54. The van der Waals surface area contributed by atoms with E-state index in [2.05, 4.69) is 46.6 Å². The van der Waals surface area contributed by atoms with Crippen LogP contribution in [0.1, 0.15) is 43.9 Å². The van der Waals surface area contributed by atoms with Gasteiger partial charge in [-0.1, -0.05) is 67.9 Å². The lowest BCUT2D eigenvalue weighted by atomic mass is 9.94. The van der Waals surface area contributed by atoms with Gasteiger partial charge in [0.05, 0.1) is 12.2 Å². The third-order valence-corrected chi connectivity index (χ3v) is 6.14. The number of carbonyl (C=O) groups is 1. The van der Waals surface area contributed by atoms with Crippen molar-refractivity contribution in [3.8, 4) is 5.75 Å². The number of rotatable bonds is 8. The topological polar surface area (TPSA) is 78.3 Å². The van der Waals surface area contributed by atoms with Crippen molar-refractivity contribution in [3.05, 3.63) is 95.5 Å². The number of hydrogen-bond donors (Lipinski definition) is 1. The van der Waals surface area contributed by atoms with Gasteiger partial charge >= 0.3 is 5.97 Å². The molecule has 0 fully saturated rings. The highest BCUT2D eigenvalue weighted by molar-refractivity contribution is 5.92. The minimum absolute atomic E-state index is 0.305. The van der Waals surface area contributed by atoms with Crippen LogP contribution in [0.25, 0.3) is 10.8 Å². The standard InChI is InChI=1S/C28H28N4O3/c1-3-8-24-25(27(33)34-4-2)26(32-28(31-24)29-18-30-32)20-13-15-22(16-14-20)35-17-21-11-7-10-19-9-5-6-12-23(19)21/h5-7,9-16,18,26H,3-4,8,17H2,1-2H3,(H,29,30,31)/t26-/m0/s1. The minimum Gasteiger partial charge on any atom is -0.489 e. The van der Waals surface area contributed by atoms with Crippen molar-refractivity contribution in [3.63, 3.8) is 0 Å². The Balaban J connectivity index is 1.43. The SMILES string of the molecule is CCCC1=C(C(=O)OCC)[C@H](c2ccc(OCc3cccc4ccccc34)cc2)n2ncnc2N1. The molecule has 4 aromatic rings. The van der Waals surface area contributed by atoms with Gasteiger partial charge in [-0.05, 0) is 47.4 Å². The van der Waals surface area contributed by atoms with E-state index in [-0.39, 0.29) is 5.97 Å². The fourth-order valence-corrected chi connectivity index (χ4v) is 4.54. The molecule has 1 aliphatic rings. The van der Waals surface area contributed by atoms with Crippen molar-refractivity contribution in [2.75, 3.05) is 11.9 Å². The average Bonchev–Trinajstić information content (AvgIpc) is 3.35. The zero-order valence-electron chi connectivity index (χ0n) is 19.9. The van der Waals surface area contributed by atoms with Crippen molar-refractivity contribution in [1.29, 1.82) is 0 Å². The first-order valence-electron chi connectivity index (χ1n) is 12.0. The van der Waals surface area contributed by atoms with Gasteiger partial charge in [-0.15, -0.1) is 0 Å². The predicted octanol–water partition coefficient (Wildman–Crippen LogP) is 5.64. The molecule has 0 bridgehead atoms.